The maximum atomic E-state index is 12.3. The van der Waals surface area contributed by atoms with Crippen LogP contribution in [0.3, 0.4) is 0 Å². The van der Waals surface area contributed by atoms with Crippen LogP contribution in [0.5, 0.6) is 5.75 Å². The van der Waals surface area contributed by atoms with Gasteiger partial charge >= 0.3 is 16.2 Å². The minimum absolute atomic E-state index is 0.0246. The van der Waals surface area contributed by atoms with E-state index in [1.54, 1.807) is 45.0 Å². The quantitative estimate of drug-likeness (QED) is 0.716. The van der Waals surface area contributed by atoms with Crippen LogP contribution < -0.4 is 4.18 Å². The number of nitrogens with zero attached hydrogens (tertiary/aromatic N) is 1. The monoisotopic (exact) mass is 421 g/mol. The lowest BCUT2D eigenvalue weighted by molar-refractivity contribution is 0.0205. The Labute approximate surface area is 172 Å². The van der Waals surface area contributed by atoms with Crippen molar-refractivity contribution < 1.29 is 27.2 Å². The van der Waals surface area contributed by atoms with Gasteiger partial charge < -0.3 is 18.9 Å². The van der Waals surface area contributed by atoms with Crippen molar-refractivity contribution in [2.24, 2.45) is 0 Å². The number of carbonyl (C=O) groups excluding carboxylic acids is 1. The zero-order chi connectivity index (χ0) is 21.8. The Hall–Kier alpha value is -2.58. The molecule has 1 amide bonds. The van der Waals surface area contributed by atoms with E-state index in [9.17, 15) is 18.3 Å². The number of hydrogen-bond acceptors (Lipinski definition) is 6. The third-order valence-electron chi connectivity index (χ3n) is 3.93. The van der Waals surface area contributed by atoms with Crippen molar-refractivity contribution in [3.63, 3.8) is 0 Å². The zero-order valence-corrected chi connectivity index (χ0v) is 18.1. The second kappa shape index (κ2) is 8.84. The average molecular weight is 422 g/mol. The Kier molecular flexibility index (Phi) is 6.92. The minimum atomic E-state index is -3.94. The van der Waals surface area contributed by atoms with Crippen LogP contribution in [-0.4, -0.2) is 43.7 Å². The van der Waals surface area contributed by atoms with Gasteiger partial charge in [0.25, 0.3) is 0 Å². The van der Waals surface area contributed by atoms with Crippen LogP contribution in [-0.2, 0) is 14.9 Å². The molecule has 0 saturated heterocycles. The number of carbonyl (C=O) groups is 1. The smallest absolute Gasteiger partial charge is 0.410 e. The normalized spacial score (nSPS) is 12.9. The fraction of sp³-hybridized carbons (Fsp3) is 0.381. The van der Waals surface area contributed by atoms with E-state index in [-0.39, 0.29) is 17.2 Å². The van der Waals surface area contributed by atoms with Gasteiger partial charge in [-0.15, -0.1) is 0 Å². The SMILES string of the molecule is Cc1ccc(S(=O)(=O)Oc2ccc(C(O)CN(C)C(=O)OC(C)(C)C)cc2)cc1. The third-order valence-corrected chi connectivity index (χ3v) is 5.19. The Balaban J connectivity index is 2.02. The first-order chi connectivity index (χ1) is 13.4. The van der Waals surface area contributed by atoms with E-state index in [4.69, 9.17) is 8.92 Å². The van der Waals surface area contributed by atoms with E-state index in [1.165, 1.54) is 36.2 Å². The van der Waals surface area contributed by atoms with Gasteiger partial charge in [0.2, 0.25) is 0 Å². The number of ether oxygens (including phenoxy) is 1. The van der Waals surface area contributed by atoms with Gasteiger partial charge in [-0.2, -0.15) is 8.42 Å². The lowest BCUT2D eigenvalue weighted by Crippen LogP contribution is -2.36. The molecule has 0 aliphatic carbocycles. The molecule has 8 heteroatoms. The maximum absolute atomic E-state index is 12.3. The summed E-state index contributed by atoms with van der Waals surface area (Å²) >= 11 is 0. The number of likely N-dealkylation sites (N-methyl/N-ethyl adjacent to an activating group) is 1. The molecule has 1 N–H and O–H groups in total. The maximum Gasteiger partial charge on any atom is 0.410 e. The Morgan fingerprint density at radius 1 is 1.07 bits per heavy atom. The fourth-order valence-corrected chi connectivity index (χ4v) is 3.33. The highest BCUT2D eigenvalue weighted by Crippen LogP contribution is 2.22. The topological polar surface area (TPSA) is 93.1 Å². The first kappa shape index (κ1) is 22.7. The predicted molar refractivity (Wildman–Crippen MR) is 109 cm³/mol. The van der Waals surface area contributed by atoms with Crippen molar-refractivity contribution in [3.05, 3.63) is 59.7 Å². The standard InChI is InChI=1S/C21H27NO6S/c1-15-6-12-18(13-7-15)29(25,26)28-17-10-8-16(9-11-17)19(23)14-22(5)20(24)27-21(2,3)4/h6-13,19,23H,14H2,1-5H3. The molecule has 0 spiro atoms. The summed E-state index contributed by atoms with van der Waals surface area (Å²) in [5.74, 6) is 0.127. The lowest BCUT2D eigenvalue weighted by Gasteiger charge is -2.26. The molecule has 0 radical (unpaired) electrons. The van der Waals surface area contributed by atoms with Crippen LogP contribution in [0, 0.1) is 6.92 Å². The summed E-state index contributed by atoms with van der Waals surface area (Å²) in [6.07, 6.45) is -1.50. The van der Waals surface area contributed by atoms with E-state index < -0.39 is 27.9 Å². The summed E-state index contributed by atoms with van der Waals surface area (Å²) in [5, 5.41) is 10.4. The van der Waals surface area contributed by atoms with Crippen molar-refractivity contribution in [3.8, 4) is 5.75 Å². The van der Waals surface area contributed by atoms with Crippen molar-refractivity contribution in [1.82, 2.24) is 4.90 Å². The first-order valence-electron chi connectivity index (χ1n) is 9.11. The Bertz CT molecular complexity index is 931. The molecule has 0 aromatic heterocycles. The van der Waals surface area contributed by atoms with Gasteiger partial charge in [0.15, 0.2) is 0 Å². The summed E-state index contributed by atoms with van der Waals surface area (Å²) in [4.78, 5) is 13.3. The van der Waals surface area contributed by atoms with Gasteiger partial charge in [0.05, 0.1) is 12.6 Å². The predicted octanol–water partition coefficient (Wildman–Crippen LogP) is 3.66. The van der Waals surface area contributed by atoms with Crippen LogP contribution in [0.25, 0.3) is 0 Å². The Morgan fingerprint density at radius 3 is 2.14 bits per heavy atom. The molecule has 0 fully saturated rings. The molecular formula is C21H27NO6S. The molecule has 2 rings (SSSR count). The summed E-state index contributed by atoms with van der Waals surface area (Å²) in [6, 6.07) is 12.4. The van der Waals surface area contributed by atoms with E-state index in [0.717, 1.165) is 5.56 Å². The molecule has 2 aromatic carbocycles. The van der Waals surface area contributed by atoms with Crippen molar-refractivity contribution in [2.45, 2.75) is 44.3 Å². The summed E-state index contributed by atoms with van der Waals surface area (Å²) in [7, 11) is -2.41. The highest BCUT2D eigenvalue weighted by molar-refractivity contribution is 7.87. The molecule has 0 heterocycles. The van der Waals surface area contributed by atoms with Gasteiger partial charge in [-0.25, -0.2) is 4.79 Å². The van der Waals surface area contributed by atoms with Gasteiger partial charge in [-0.3, -0.25) is 0 Å². The highest BCUT2D eigenvalue weighted by atomic mass is 32.2. The third kappa shape index (κ3) is 6.76. The lowest BCUT2D eigenvalue weighted by atomic mass is 10.1. The van der Waals surface area contributed by atoms with E-state index in [2.05, 4.69) is 0 Å². The number of aryl methyl sites for hydroxylation is 1. The van der Waals surface area contributed by atoms with E-state index in [0.29, 0.717) is 5.56 Å². The largest absolute Gasteiger partial charge is 0.444 e. The van der Waals surface area contributed by atoms with Crippen LogP contribution in [0.1, 0.15) is 38.0 Å². The van der Waals surface area contributed by atoms with Gasteiger partial charge in [-0.1, -0.05) is 29.8 Å². The van der Waals surface area contributed by atoms with Crippen LogP contribution in [0.4, 0.5) is 4.79 Å². The second-order valence-corrected chi connectivity index (χ2v) is 9.34. The summed E-state index contributed by atoms with van der Waals surface area (Å²) < 4.78 is 35.1. The number of aliphatic hydroxyl groups is 1. The van der Waals surface area contributed by atoms with Gasteiger partial charge in [0.1, 0.15) is 16.2 Å². The molecule has 158 valence electrons. The van der Waals surface area contributed by atoms with Crippen LogP contribution >= 0.6 is 0 Å². The summed E-state index contributed by atoms with van der Waals surface area (Å²) in [6.45, 7) is 7.17. The molecule has 1 unspecified atom stereocenters. The van der Waals surface area contributed by atoms with Gasteiger partial charge in [-0.05, 0) is 57.5 Å². The molecule has 0 saturated carbocycles. The Morgan fingerprint density at radius 2 is 1.62 bits per heavy atom. The average Bonchev–Trinajstić information content (AvgIpc) is 2.60. The number of amides is 1. The number of hydrogen-bond donors (Lipinski definition) is 1. The van der Waals surface area contributed by atoms with Crippen LogP contribution in [0.2, 0.25) is 0 Å². The van der Waals surface area contributed by atoms with Crippen molar-refractivity contribution >= 4 is 16.2 Å². The number of benzene rings is 2. The number of rotatable bonds is 6. The van der Waals surface area contributed by atoms with Crippen molar-refractivity contribution in [1.29, 1.82) is 0 Å². The fourth-order valence-electron chi connectivity index (χ4n) is 2.40. The van der Waals surface area contributed by atoms with Gasteiger partial charge in [0, 0.05) is 7.05 Å². The molecular weight excluding hydrogens is 394 g/mol. The molecule has 29 heavy (non-hydrogen) atoms. The highest BCUT2D eigenvalue weighted by Gasteiger charge is 2.22. The second-order valence-electron chi connectivity index (χ2n) is 7.80. The molecule has 0 bridgehead atoms. The molecule has 0 aliphatic heterocycles. The van der Waals surface area contributed by atoms with E-state index >= 15 is 0 Å². The summed E-state index contributed by atoms with van der Waals surface area (Å²) in [5.41, 5.74) is 0.831. The minimum Gasteiger partial charge on any atom is -0.444 e. The number of aliphatic hydroxyl groups excluding tert-OH is 1. The van der Waals surface area contributed by atoms with Crippen molar-refractivity contribution in [2.75, 3.05) is 13.6 Å². The molecule has 7 nitrogen and oxygen atoms in total. The molecule has 2 aromatic rings. The van der Waals surface area contributed by atoms with Crippen LogP contribution in [0.15, 0.2) is 53.4 Å². The molecule has 1 atom stereocenters. The molecule has 0 aliphatic rings. The zero-order valence-electron chi connectivity index (χ0n) is 17.2. The first-order valence-corrected chi connectivity index (χ1v) is 10.5. The van der Waals surface area contributed by atoms with E-state index in [1.807, 2.05) is 6.92 Å².